The fraction of sp³-hybridized carbons (Fsp3) is 0.316. The van der Waals surface area contributed by atoms with Crippen LogP contribution in [0.4, 0.5) is 0 Å². The molecule has 128 valence electrons. The highest BCUT2D eigenvalue weighted by atomic mass is 16.4. The molecular weight excluding hydrogens is 306 g/mol. The van der Waals surface area contributed by atoms with Gasteiger partial charge in [0.15, 0.2) is 0 Å². The average Bonchev–Trinajstić information content (AvgIpc) is 2.52. The van der Waals surface area contributed by atoms with Crippen molar-refractivity contribution in [3.63, 3.8) is 0 Å². The molecule has 5 heteroatoms. The Morgan fingerprint density at radius 2 is 1.42 bits per heavy atom. The van der Waals surface area contributed by atoms with E-state index < -0.39 is 18.1 Å². The molecule has 1 atom stereocenters. The highest BCUT2D eigenvalue weighted by Gasteiger charge is 2.27. The zero-order valence-electron chi connectivity index (χ0n) is 13.8. The fourth-order valence-electron chi connectivity index (χ4n) is 2.72. The van der Waals surface area contributed by atoms with E-state index in [1.165, 1.54) is 0 Å². The van der Waals surface area contributed by atoms with E-state index in [4.69, 9.17) is 0 Å². The number of carboxylic acid groups (broad SMARTS) is 1. The van der Waals surface area contributed by atoms with Crippen molar-refractivity contribution in [2.45, 2.75) is 32.4 Å². The number of hydrogen-bond acceptors (Lipinski definition) is 4. The second-order valence-corrected chi connectivity index (χ2v) is 6.24. The first-order valence-electron chi connectivity index (χ1n) is 7.94. The fourth-order valence-corrected chi connectivity index (χ4v) is 2.72. The molecule has 0 amide bonds. The Balaban J connectivity index is 2.45. The van der Waals surface area contributed by atoms with Gasteiger partial charge in [0.05, 0.1) is 6.04 Å². The van der Waals surface area contributed by atoms with Gasteiger partial charge < -0.3 is 15.3 Å². The van der Waals surface area contributed by atoms with Gasteiger partial charge in [-0.2, -0.15) is 0 Å². The lowest BCUT2D eigenvalue weighted by Crippen LogP contribution is -2.40. The SMILES string of the molecule is CC(C)C[C@H](NC(c1ccccc1O)c1ccccc1O)C(=O)O. The predicted octanol–water partition coefficient (Wildman–Crippen LogP) is 3.28. The van der Waals surface area contributed by atoms with Crippen molar-refractivity contribution in [1.29, 1.82) is 0 Å². The summed E-state index contributed by atoms with van der Waals surface area (Å²) in [5.74, 6) is -0.675. The number of phenolic OH excluding ortho intramolecular Hbond substituents is 2. The van der Waals surface area contributed by atoms with Crippen LogP contribution in [0.25, 0.3) is 0 Å². The summed E-state index contributed by atoms with van der Waals surface area (Å²) in [7, 11) is 0. The zero-order valence-corrected chi connectivity index (χ0v) is 13.8. The molecule has 2 rings (SSSR count). The van der Waals surface area contributed by atoms with Gasteiger partial charge in [-0.3, -0.25) is 10.1 Å². The van der Waals surface area contributed by atoms with E-state index in [1.54, 1.807) is 48.5 Å². The minimum atomic E-state index is -0.959. The number of benzene rings is 2. The smallest absolute Gasteiger partial charge is 0.320 e. The van der Waals surface area contributed by atoms with Crippen LogP contribution in [-0.2, 0) is 4.79 Å². The largest absolute Gasteiger partial charge is 0.508 e. The molecule has 0 aliphatic carbocycles. The average molecular weight is 329 g/mol. The molecule has 0 heterocycles. The number of aromatic hydroxyl groups is 2. The van der Waals surface area contributed by atoms with E-state index in [2.05, 4.69) is 5.32 Å². The molecule has 2 aromatic carbocycles. The van der Waals surface area contributed by atoms with Crippen LogP contribution in [0.3, 0.4) is 0 Å². The van der Waals surface area contributed by atoms with Crippen LogP contribution in [0, 0.1) is 5.92 Å². The molecule has 5 nitrogen and oxygen atoms in total. The number of para-hydroxylation sites is 2. The summed E-state index contributed by atoms with van der Waals surface area (Å²) in [6.45, 7) is 3.90. The van der Waals surface area contributed by atoms with Crippen LogP contribution in [0.5, 0.6) is 11.5 Å². The lowest BCUT2D eigenvalue weighted by Gasteiger charge is -2.26. The highest BCUT2D eigenvalue weighted by Crippen LogP contribution is 2.34. The Bertz CT molecular complexity index is 654. The number of rotatable bonds is 7. The van der Waals surface area contributed by atoms with Crippen LogP contribution in [0.1, 0.15) is 37.4 Å². The molecule has 24 heavy (non-hydrogen) atoms. The lowest BCUT2D eigenvalue weighted by molar-refractivity contribution is -0.140. The van der Waals surface area contributed by atoms with E-state index in [9.17, 15) is 20.1 Å². The van der Waals surface area contributed by atoms with Crippen LogP contribution in [0.15, 0.2) is 48.5 Å². The normalized spacial score (nSPS) is 12.5. The molecule has 0 spiro atoms. The molecule has 0 aliphatic heterocycles. The summed E-state index contributed by atoms with van der Waals surface area (Å²) in [6.07, 6.45) is 0.438. The van der Waals surface area contributed by atoms with Gasteiger partial charge in [0, 0.05) is 11.1 Å². The Hall–Kier alpha value is -2.53. The molecular formula is C19H23NO4. The second kappa shape index (κ2) is 7.84. The molecule has 0 bridgehead atoms. The maximum Gasteiger partial charge on any atom is 0.320 e. The second-order valence-electron chi connectivity index (χ2n) is 6.24. The predicted molar refractivity (Wildman–Crippen MR) is 92.1 cm³/mol. The monoisotopic (exact) mass is 329 g/mol. The number of hydrogen-bond donors (Lipinski definition) is 4. The maximum absolute atomic E-state index is 11.6. The third-order valence-corrected chi connectivity index (χ3v) is 3.87. The minimum absolute atomic E-state index is 0.0481. The van der Waals surface area contributed by atoms with Crippen LogP contribution in [-0.4, -0.2) is 27.3 Å². The van der Waals surface area contributed by atoms with Crippen molar-refractivity contribution in [2.24, 2.45) is 5.92 Å². The third-order valence-electron chi connectivity index (χ3n) is 3.87. The summed E-state index contributed by atoms with van der Waals surface area (Å²) >= 11 is 0. The first-order valence-corrected chi connectivity index (χ1v) is 7.94. The maximum atomic E-state index is 11.6. The number of aliphatic carboxylic acids is 1. The van der Waals surface area contributed by atoms with E-state index in [-0.39, 0.29) is 17.4 Å². The molecule has 0 saturated heterocycles. The molecule has 0 radical (unpaired) electrons. The van der Waals surface area contributed by atoms with Gasteiger partial charge in [0.2, 0.25) is 0 Å². The van der Waals surface area contributed by atoms with E-state index in [0.717, 1.165) is 0 Å². The molecule has 0 aromatic heterocycles. The standard InChI is InChI=1S/C19H23NO4/c1-12(2)11-15(19(23)24)20-18(13-7-3-5-9-16(13)21)14-8-4-6-10-17(14)22/h3-10,12,15,18,20-22H,11H2,1-2H3,(H,23,24)/t15-/m0/s1. The quantitative estimate of drug-likeness (QED) is 0.626. The van der Waals surface area contributed by atoms with Crippen molar-refractivity contribution >= 4 is 5.97 Å². The van der Waals surface area contributed by atoms with Gasteiger partial charge in [-0.15, -0.1) is 0 Å². The topological polar surface area (TPSA) is 89.8 Å². The van der Waals surface area contributed by atoms with E-state index >= 15 is 0 Å². The highest BCUT2D eigenvalue weighted by molar-refractivity contribution is 5.73. The number of phenols is 2. The minimum Gasteiger partial charge on any atom is -0.508 e. The van der Waals surface area contributed by atoms with Gasteiger partial charge in [-0.25, -0.2) is 0 Å². The van der Waals surface area contributed by atoms with E-state index in [0.29, 0.717) is 17.5 Å². The summed E-state index contributed by atoms with van der Waals surface area (Å²) in [4.78, 5) is 11.6. The van der Waals surface area contributed by atoms with Gasteiger partial charge in [0.25, 0.3) is 0 Å². The van der Waals surface area contributed by atoms with Crippen molar-refractivity contribution < 1.29 is 20.1 Å². The van der Waals surface area contributed by atoms with Gasteiger partial charge in [-0.05, 0) is 24.5 Å². The zero-order chi connectivity index (χ0) is 17.7. The molecule has 0 aliphatic rings. The van der Waals surface area contributed by atoms with Crippen molar-refractivity contribution in [3.05, 3.63) is 59.7 Å². The number of carbonyl (C=O) groups is 1. The summed E-state index contributed by atoms with van der Waals surface area (Å²) < 4.78 is 0. The molecule has 0 fully saturated rings. The molecule has 4 N–H and O–H groups in total. The molecule has 0 unspecified atom stereocenters. The number of carboxylic acids is 1. The van der Waals surface area contributed by atoms with Gasteiger partial charge >= 0.3 is 5.97 Å². The van der Waals surface area contributed by atoms with Gasteiger partial charge in [-0.1, -0.05) is 50.2 Å². The van der Waals surface area contributed by atoms with E-state index in [1.807, 2.05) is 13.8 Å². The van der Waals surface area contributed by atoms with Crippen LogP contribution < -0.4 is 5.32 Å². The first kappa shape index (κ1) is 17.8. The summed E-state index contributed by atoms with van der Waals surface area (Å²) in [5.41, 5.74) is 1.04. The first-order chi connectivity index (χ1) is 11.4. The Labute approximate surface area is 141 Å². The molecule has 2 aromatic rings. The van der Waals surface area contributed by atoms with Crippen molar-refractivity contribution in [2.75, 3.05) is 0 Å². The van der Waals surface area contributed by atoms with Gasteiger partial charge in [0.1, 0.15) is 17.5 Å². The van der Waals surface area contributed by atoms with Crippen molar-refractivity contribution in [3.8, 4) is 11.5 Å². The Morgan fingerprint density at radius 1 is 0.958 bits per heavy atom. The summed E-state index contributed by atoms with van der Waals surface area (Å²) in [5, 5.41) is 33.0. The van der Waals surface area contributed by atoms with Crippen LogP contribution in [0.2, 0.25) is 0 Å². The van der Waals surface area contributed by atoms with Crippen LogP contribution >= 0.6 is 0 Å². The summed E-state index contributed by atoms with van der Waals surface area (Å²) in [6, 6.07) is 12.0. The Morgan fingerprint density at radius 3 is 1.79 bits per heavy atom. The molecule has 0 saturated carbocycles. The lowest BCUT2D eigenvalue weighted by atomic mass is 9.94. The third kappa shape index (κ3) is 4.26. The Kier molecular flexibility index (Phi) is 5.82. The van der Waals surface area contributed by atoms with Crippen molar-refractivity contribution in [1.82, 2.24) is 5.32 Å². The number of nitrogens with one attached hydrogen (secondary N) is 1.